The molecule has 0 aromatic heterocycles. The van der Waals surface area contributed by atoms with Crippen molar-refractivity contribution >= 4 is 17.6 Å². The molecule has 6 nitrogen and oxygen atoms in total. The Morgan fingerprint density at radius 2 is 1.83 bits per heavy atom. The van der Waals surface area contributed by atoms with Crippen LogP contribution in [0.15, 0.2) is 18.2 Å². The molecule has 1 aromatic rings. The standard InChI is InChI=1S/C18H25NO5/c1-22-15-9-8-14(11-16(15)23-2)19-17(20)12-24-18(21)10-7-13-5-3-4-6-13/h8-9,11,13H,3-7,10,12H2,1-2H3,(H,19,20). The summed E-state index contributed by atoms with van der Waals surface area (Å²) in [7, 11) is 3.07. The number of methoxy groups -OCH3 is 2. The van der Waals surface area contributed by atoms with Gasteiger partial charge in [-0.3, -0.25) is 9.59 Å². The number of ether oxygens (including phenoxy) is 3. The maximum absolute atomic E-state index is 11.9. The Kier molecular flexibility index (Phi) is 6.90. The van der Waals surface area contributed by atoms with Crippen molar-refractivity contribution in [1.82, 2.24) is 0 Å². The number of anilines is 1. The minimum Gasteiger partial charge on any atom is -0.493 e. The van der Waals surface area contributed by atoms with E-state index < -0.39 is 0 Å². The average molecular weight is 335 g/mol. The van der Waals surface area contributed by atoms with E-state index in [0.29, 0.717) is 29.5 Å². The summed E-state index contributed by atoms with van der Waals surface area (Å²) in [6, 6.07) is 5.04. The van der Waals surface area contributed by atoms with Gasteiger partial charge in [0.05, 0.1) is 14.2 Å². The highest BCUT2D eigenvalue weighted by molar-refractivity contribution is 5.93. The second-order valence-corrected chi connectivity index (χ2v) is 5.97. The first-order chi connectivity index (χ1) is 11.6. The lowest BCUT2D eigenvalue weighted by Crippen LogP contribution is -2.21. The molecule has 0 spiro atoms. The summed E-state index contributed by atoms with van der Waals surface area (Å²) >= 11 is 0. The smallest absolute Gasteiger partial charge is 0.306 e. The van der Waals surface area contributed by atoms with E-state index in [-0.39, 0.29) is 18.5 Å². The number of esters is 1. The van der Waals surface area contributed by atoms with Gasteiger partial charge in [-0.1, -0.05) is 25.7 Å². The monoisotopic (exact) mass is 335 g/mol. The topological polar surface area (TPSA) is 73.9 Å². The molecule has 1 amide bonds. The van der Waals surface area contributed by atoms with Crippen LogP contribution in [-0.2, 0) is 14.3 Å². The van der Waals surface area contributed by atoms with Gasteiger partial charge in [-0.2, -0.15) is 0 Å². The number of hydrogen-bond donors (Lipinski definition) is 1. The van der Waals surface area contributed by atoms with E-state index in [2.05, 4.69) is 5.32 Å². The third-order valence-corrected chi connectivity index (χ3v) is 4.26. The van der Waals surface area contributed by atoms with Crippen LogP contribution in [-0.4, -0.2) is 32.7 Å². The van der Waals surface area contributed by atoms with Crippen LogP contribution in [0, 0.1) is 5.92 Å². The lowest BCUT2D eigenvalue weighted by Gasteiger charge is -2.11. The van der Waals surface area contributed by atoms with Crippen LogP contribution in [0.4, 0.5) is 5.69 Å². The van der Waals surface area contributed by atoms with Crippen molar-refractivity contribution in [3.8, 4) is 11.5 Å². The second-order valence-electron chi connectivity index (χ2n) is 5.97. The van der Waals surface area contributed by atoms with E-state index in [0.717, 1.165) is 6.42 Å². The molecule has 1 aromatic carbocycles. The van der Waals surface area contributed by atoms with Crippen LogP contribution in [0.2, 0.25) is 0 Å². The summed E-state index contributed by atoms with van der Waals surface area (Å²) in [5, 5.41) is 2.67. The molecular formula is C18H25NO5. The Balaban J connectivity index is 1.73. The van der Waals surface area contributed by atoms with Gasteiger partial charge in [0.15, 0.2) is 18.1 Å². The Morgan fingerprint density at radius 1 is 1.12 bits per heavy atom. The van der Waals surface area contributed by atoms with Crippen molar-refractivity contribution in [3.63, 3.8) is 0 Å². The summed E-state index contributed by atoms with van der Waals surface area (Å²) in [5.74, 6) is 1.04. The van der Waals surface area contributed by atoms with Gasteiger partial charge in [-0.25, -0.2) is 0 Å². The molecule has 0 saturated heterocycles. The van der Waals surface area contributed by atoms with E-state index in [9.17, 15) is 9.59 Å². The summed E-state index contributed by atoms with van der Waals surface area (Å²) in [5.41, 5.74) is 0.555. The van der Waals surface area contributed by atoms with Crippen LogP contribution in [0.5, 0.6) is 11.5 Å². The van der Waals surface area contributed by atoms with Crippen molar-refractivity contribution in [1.29, 1.82) is 0 Å². The van der Waals surface area contributed by atoms with Gasteiger partial charge in [0.25, 0.3) is 5.91 Å². The van der Waals surface area contributed by atoms with Crippen molar-refractivity contribution < 1.29 is 23.8 Å². The first kappa shape index (κ1) is 18.1. The van der Waals surface area contributed by atoms with Crippen LogP contribution in [0.3, 0.4) is 0 Å². The Bertz CT molecular complexity index is 567. The predicted molar refractivity (Wildman–Crippen MR) is 90.3 cm³/mol. The molecule has 1 saturated carbocycles. The second kappa shape index (κ2) is 9.15. The third-order valence-electron chi connectivity index (χ3n) is 4.26. The summed E-state index contributed by atoms with van der Waals surface area (Å²) < 4.78 is 15.3. The molecule has 0 aliphatic heterocycles. The number of amides is 1. The Hall–Kier alpha value is -2.24. The number of carbonyl (C=O) groups is 2. The highest BCUT2D eigenvalue weighted by Gasteiger charge is 2.17. The number of nitrogens with one attached hydrogen (secondary N) is 1. The van der Waals surface area contributed by atoms with Crippen molar-refractivity contribution in [2.24, 2.45) is 5.92 Å². The molecule has 1 aliphatic carbocycles. The molecule has 0 radical (unpaired) electrons. The summed E-state index contributed by atoms with van der Waals surface area (Å²) in [6.07, 6.45) is 6.16. The fourth-order valence-corrected chi connectivity index (χ4v) is 2.95. The Morgan fingerprint density at radius 3 is 2.50 bits per heavy atom. The van der Waals surface area contributed by atoms with Gasteiger partial charge in [0.1, 0.15) is 0 Å². The van der Waals surface area contributed by atoms with Gasteiger partial charge in [-0.15, -0.1) is 0 Å². The van der Waals surface area contributed by atoms with E-state index in [1.807, 2.05) is 0 Å². The number of carbonyl (C=O) groups excluding carboxylic acids is 2. The molecule has 1 fully saturated rings. The van der Waals surface area contributed by atoms with Gasteiger partial charge < -0.3 is 19.5 Å². The highest BCUT2D eigenvalue weighted by Crippen LogP contribution is 2.30. The van der Waals surface area contributed by atoms with E-state index in [1.54, 1.807) is 25.3 Å². The zero-order chi connectivity index (χ0) is 17.4. The molecule has 0 heterocycles. The number of rotatable bonds is 8. The molecular weight excluding hydrogens is 310 g/mol. The zero-order valence-corrected chi connectivity index (χ0v) is 14.3. The van der Waals surface area contributed by atoms with E-state index in [4.69, 9.17) is 14.2 Å². The third kappa shape index (κ3) is 5.44. The molecule has 132 valence electrons. The minimum atomic E-state index is -0.378. The molecule has 6 heteroatoms. The summed E-state index contributed by atoms with van der Waals surface area (Å²) in [6.45, 7) is -0.280. The highest BCUT2D eigenvalue weighted by atomic mass is 16.5. The fraction of sp³-hybridized carbons (Fsp3) is 0.556. The van der Waals surface area contributed by atoms with Crippen LogP contribution < -0.4 is 14.8 Å². The number of benzene rings is 1. The van der Waals surface area contributed by atoms with Gasteiger partial charge in [0, 0.05) is 18.2 Å². The minimum absolute atomic E-state index is 0.280. The molecule has 0 unspecified atom stereocenters. The first-order valence-corrected chi connectivity index (χ1v) is 8.30. The molecule has 1 aliphatic rings. The first-order valence-electron chi connectivity index (χ1n) is 8.30. The van der Waals surface area contributed by atoms with Crippen molar-refractivity contribution in [2.75, 3.05) is 26.1 Å². The zero-order valence-electron chi connectivity index (χ0n) is 14.3. The summed E-state index contributed by atoms with van der Waals surface area (Å²) in [4.78, 5) is 23.6. The molecule has 0 bridgehead atoms. The lowest BCUT2D eigenvalue weighted by atomic mass is 10.0. The quantitative estimate of drug-likeness (QED) is 0.739. The van der Waals surface area contributed by atoms with Gasteiger partial charge in [-0.05, 0) is 24.5 Å². The van der Waals surface area contributed by atoms with Crippen molar-refractivity contribution in [3.05, 3.63) is 18.2 Å². The molecule has 1 N–H and O–H groups in total. The van der Waals surface area contributed by atoms with Gasteiger partial charge in [0.2, 0.25) is 0 Å². The van der Waals surface area contributed by atoms with E-state index >= 15 is 0 Å². The van der Waals surface area contributed by atoms with Crippen molar-refractivity contribution in [2.45, 2.75) is 38.5 Å². The maximum atomic E-state index is 11.9. The average Bonchev–Trinajstić information content (AvgIpc) is 3.11. The van der Waals surface area contributed by atoms with Crippen LogP contribution in [0.25, 0.3) is 0 Å². The molecule has 24 heavy (non-hydrogen) atoms. The molecule has 2 rings (SSSR count). The Labute approximate surface area is 142 Å². The van der Waals surface area contributed by atoms with E-state index in [1.165, 1.54) is 32.8 Å². The van der Waals surface area contributed by atoms with Gasteiger partial charge >= 0.3 is 5.97 Å². The SMILES string of the molecule is COc1ccc(NC(=O)COC(=O)CCC2CCCC2)cc1OC. The largest absolute Gasteiger partial charge is 0.493 e. The number of hydrogen-bond acceptors (Lipinski definition) is 5. The lowest BCUT2D eigenvalue weighted by molar-refractivity contribution is -0.147. The normalized spacial score (nSPS) is 14.2. The molecule has 0 atom stereocenters. The van der Waals surface area contributed by atoms with Crippen LogP contribution in [0.1, 0.15) is 38.5 Å². The maximum Gasteiger partial charge on any atom is 0.306 e. The predicted octanol–water partition coefficient (Wildman–Crippen LogP) is 3.16. The fourth-order valence-electron chi connectivity index (χ4n) is 2.95. The van der Waals surface area contributed by atoms with Crippen LogP contribution >= 0.6 is 0 Å².